The normalized spacial score (nSPS) is 16.2. The van der Waals surface area contributed by atoms with Crippen molar-refractivity contribution in [2.24, 2.45) is 0 Å². The van der Waals surface area contributed by atoms with Crippen LogP contribution in [0.4, 0.5) is 0 Å². The summed E-state index contributed by atoms with van der Waals surface area (Å²) in [5.74, 6) is 0.900. The molecule has 1 aliphatic rings. The fourth-order valence-corrected chi connectivity index (χ4v) is 3.00. The maximum absolute atomic E-state index is 5.93. The number of aryl methyl sites for hydroxylation is 2. The number of benzene rings is 2. The minimum Gasteiger partial charge on any atom is -0.497 e. The van der Waals surface area contributed by atoms with Gasteiger partial charge in [-0.2, -0.15) is 0 Å². The van der Waals surface area contributed by atoms with Gasteiger partial charge in [0.15, 0.2) is 0 Å². The summed E-state index contributed by atoms with van der Waals surface area (Å²) in [6.45, 7) is 5.77. The van der Waals surface area contributed by atoms with Crippen LogP contribution in [0.3, 0.4) is 0 Å². The first-order valence-corrected chi connectivity index (χ1v) is 8.13. The highest BCUT2D eigenvalue weighted by atomic mass is 16.6. The van der Waals surface area contributed by atoms with E-state index in [2.05, 4.69) is 44.2 Å². The van der Waals surface area contributed by atoms with Crippen molar-refractivity contribution in [3.8, 4) is 5.75 Å². The summed E-state index contributed by atoms with van der Waals surface area (Å²) in [4.78, 5) is 0. The Morgan fingerprint density at radius 3 is 2.39 bits per heavy atom. The van der Waals surface area contributed by atoms with Crippen molar-refractivity contribution in [3.63, 3.8) is 0 Å². The predicted octanol–water partition coefficient (Wildman–Crippen LogP) is 3.91. The third kappa shape index (κ3) is 3.60. The Hall–Kier alpha value is -1.78. The lowest BCUT2D eigenvalue weighted by molar-refractivity contribution is 0.130. The highest BCUT2D eigenvalue weighted by molar-refractivity contribution is 6.47. The number of ether oxygens (including phenoxy) is 1. The lowest BCUT2D eigenvalue weighted by Crippen LogP contribution is -2.36. The molecule has 0 aliphatic carbocycles. The molecule has 1 heterocycles. The van der Waals surface area contributed by atoms with Crippen LogP contribution in [0.15, 0.2) is 42.5 Å². The molecule has 0 radical (unpaired) electrons. The first-order valence-electron chi connectivity index (χ1n) is 8.13. The summed E-state index contributed by atoms with van der Waals surface area (Å²) >= 11 is 0. The number of methoxy groups -OCH3 is 1. The molecule has 0 spiro atoms. The molecule has 3 nitrogen and oxygen atoms in total. The van der Waals surface area contributed by atoms with Crippen LogP contribution in [0.5, 0.6) is 5.75 Å². The number of hydrogen-bond acceptors (Lipinski definition) is 3. The molecule has 1 aliphatic heterocycles. The van der Waals surface area contributed by atoms with E-state index in [0.29, 0.717) is 0 Å². The van der Waals surface area contributed by atoms with Crippen molar-refractivity contribution in [3.05, 3.63) is 64.7 Å². The monoisotopic (exact) mass is 310 g/mol. The van der Waals surface area contributed by atoms with Gasteiger partial charge in [0.2, 0.25) is 0 Å². The van der Waals surface area contributed by atoms with E-state index >= 15 is 0 Å². The summed E-state index contributed by atoms with van der Waals surface area (Å²) in [7, 11) is 1.44. The average molecular weight is 310 g/mol. The highest BCUT2D eigenvalue weighted by Crippen LogP contribution is 2.32. The molecule has 2 aromatic carbocycles. The van der Waals surface area contributed by atoms with Crippen LogP contribution in [0.2, 0.25) is 0 Å². The van der Waals surface area contributed by atoms with Gasteiger partial charge in [-0.15, -0.1) is 0 Å². The molecule has 0 amide bonds. The Bertz CT molecular complexity index is 665. The van der Waals surface area contributed by atoms with Crippen LogP contribution in [0.1, 0.15) is 34.5 Å². The predicted molar refractivity (Wildman–Crippen MR) is 93.0 cm³/mol. The molecule has 0 bridgehead atoms. The molecule has 0 aromatic heterocycles. The maximum atomic E-state index is 5.93. The van der Waals surface area contributed by atoms with E-state index < -0.39 is 0 Å². The summed E-state index contributed by atoms with van der Waals surface area (Å²) in [5, 5.41) is 0. The molecular formula is C19H23BO3. The second-order valence-corrected chi connectivity index (χ2v) is 6.06. The van der Waals surface area contributed by atoms with Crippen LogP contribution in [0, 0.1) is 13.8 Å². The SMILES string of the molecule is COc1cccc([C@@H](B2OCCCO2)c2ccc(C)c(C)c2)c1. The quantitative estimate of drug-likeness (QED) is 0.801. The molecule has 120 valence electrons. The van der Waals surface area contributed by atoms with E-state index in [1.165, 1.54) is 16.7 Å². The average Bonchev–Trinajstić information content (AvgIpc) is 2.59. The van der Waals surface area contributed by atoms with Crippen molar-refractivity contribution in [1.29, 1.82) is 0 Å². The molecule has 2 aromatic rings. The van der Waals surface area contributed by atoms with E-state index in [1.54, 1.807) is 7.11 Å². The van der Waals surface area contributed by atoms with Gasteiger partial charge in [0.25, 0.3) is 0 Å². The Morgan fingerprint density at radius 2 is 1.70 bits per heavy atom. The van der Waals surface area contributed by atoms with E-state index in [9.17, 15) is 0 Å². The molecule has 0 N–H and O–H groups in total. The Morgan fingerprint density at radius 1 is 0.957 bits per heavy atom. The van der Waals surface area contributed by atoms with Crippen molar-refractivity contribution in [2.75, 3.05) is 20.3 Å². The van der Waals surface area contributed by atoms with Gasteiger partial charge >= 0.3 is 7.12 Å². The van der Waals surface area contributed by atoms with Gasteiger partial charge in [-0.3, -0.25) is 0 Å². The van der Waals surface area contributed by atoms with Crippen LogP contribution >= 0.6 is 0 Å². The second-order valence-electron chi connectivity index (χ2n) is 6.06. The van der Waals surface area contributed by atoms with E-state index in [0.717, 1.165) is 30.9 Å². The molecule has 0 unspecified atom stereocenters. The maximum Gasteiger partial charge on any atom is 0.469 e. The summed E-state index contributed by atoms with van der Waals surface area (Å²) in [6.07, 6.45) is 0.953. The zero-order valence-corrected chi connectivity index (χ0v) is 14.0. The van der Waals surface area contributed by atoms with Gasteiger partial charge in [0.05, 0.1) is 7.11 Å². The van der Waals surface area contributed by atoms with E-state index in [1.807, 2.05) is 12.1 Å². The van der Waals surface area contributed by atoms with Crippen molar-refractivity contribution >= 4 is 7.12 Å². The second kappa shape index (κ2) is 7.20. The van der Waals surface area contributed by atoms with E-state index in [4.69, 9.17) is 14.0 Å². The zero-order chi connectivity index (χ0) is 16.2. The topological polar surface area (TPSA) is 27.7 Å². The lowest BCUT2D eigenvalue weighted by atomic mass is 9.63. The fourth-order valence-electron chi connectivity index (χ4n) is 3.00. The van der Waals surface area contributed by atoms with Gasteiger partial charge < -0.3 is 14.0 Å². The number of hydrogen-bond donors (Lipinski definition) is 0. The standard InChI is InChI=1S/C19H23BO3/c1-14-8-9-17(12-15(14)2)19(20-22-10-5-11-23-20)16-6-4-7-18(13-16)21-3/h4,6-9,12-13,19H,5,10-11H2,1-3H3/t19-/m1/s1. The van der Waals surface area contributed by atoms with Gasteiger partial charge in [-0.25, -0.2) is 0 Å². The van der Waals surface area contributed by atoms with Gasteiger partial charge in [-0.05, 0) is 54.7 Å². The van der Waals surface area contributed by atoms with Gasteiger partial charge in [-0.1, -0.05) is 30.3 Å². The minimum absolute atomic E-state index is 0.0460. The molecular weight excluding hydrogens is 287 g/mol. The van der Waals surface area contributed by atoms with Crippen LogP contribution in [-0.2, 0) is 9.31 Å². The van der Waals surface area contributed by atoms with Crippen LogP contribution in [-0.4, -0.2) is 27.4 Å². The zero-order valence-electron chi connectivity index (χ0n) is 14.0. The Labute approximate surface area is 138 Å². The molecule has 4 heteroatoms. The van der Waals surface area contributed by atoms with Crippen molar-refractivity contribution in [2.45, 2.75) is 26.1 Å². The lowest BCUT2D eigenvalue weighted by Gasteiger charge is -2.28. The first-order chi connectivity index (χ1) is 11.2. The minimum atomic E-state index is -0.252. The molecule has 1 atom stereocenters. The molecule has 3 rings (SSSR count). The van der Waals surface area contributed by atoms with Crippen molar-refractivity contribution in [1.82, 2.24) is 0 Å². The number of rotatable bonds is 4. The van der Waals surface area contributed by atoms with Crippen LogP contribution in [0.25, 0.3) is 0 Å². The summed E-state index contributed by atoms with van der Waals surface area (Å²) in [6, 6.07) is 14.7. The molecule has 1 fully saturated rings. The summed E-state index contributed by atoms with van der Waals surface area (Å²) in [5.41, 5.74) is 4.95. The Balaban J connectivity index is 2.03. The van der Waals surface area contributed by atoms with Crippen molar-refractivity contribution < 1.29 is 14.0 Å². The molecule has 1 saturated heterocycles. The van der Waals surface area contributed by atoms with Gasteiger partial charge in [0, 0.05) is 19.0 Å². The molecule has 0 saturated carbocycles. The highest BCUT2D eigenvalue weighted by Gasteiger charge is 2.35. The molecule has 23 heavy (non-hydrogen) atoms. The third-order valence-corrected chi connectivity index (χ3v) is 4.47. The largest absolute Gasteiger partial charge is 0.497 e. The smallest absolute Gasteiger partial charge is 0.469 e. The van der Waals surface area contributed by atoms with E-state index in [-0.39, 0.29) is 12.9 Å². The summed E-state index contributed by atoms with van der Waals surface area (Å²) < 4.78 is 17.2. The Kier molecular flexibility index (Phi) is 5.04. The van der Waals surface area contributed by atoms with Crippen LogP contribution < -0.4 is 4.74 Å². The third-order valence-electron chi connectivity index (χ3n) is 4.47. The first kappa shape index (κ1) is 16.1. The van der Waals surface area contributed by atoms with Gasteiger partial charge in [0.1, 0.15) is 5.75 Å². The fraction of sp³-hybridized carbons (Fsp3) is 0.368.